The van der Waals surface area contributed by atoms with Crippen LogP contribution in [0.5, 0.6) is 0 Å². The Morgan fingerprint density at radius 2 is 2.00 bits per heavy atom. The lowest BCUT2D eigenvalue weighted by Crippen LogP contribution is -2.51. The van der Waals surface area contributed by atoms with E-state index in [2.05, 4.69) is 5.73 Å². The summed E-state index contributed by atoms with van der Waals surface area (Å²) in [5.74, 6) is 0. The highest BCUT2D eigenvalue weighted by Gasteiger charge is 2.04. The van der Waals surface area contributed by atoms with E-state index in [0.717, 1.165) is 10.6 Å². The van der Waals surface area contributed by atoms with E-state index in [1.54, 1.807) is 0 Å². The fourth-order valence-corrected chi connectivity index (χ4v) is 1.20. The maximum absolute atomic E-state index is 5.88. The van der Waals surface area contributed by atoms with E-state index in [4.69, 9.17) is 11.6 Å². The van der Waals surface area contributed by atoms with E-state index in [1.165, 1.54) is 0 Å². The van der Waals surface area contributed by atoms with Crippen LogP contribution in [0.4, 0.5) is 0 Å². The van der Waals surface area contributed by atoms with Gasteiger partial charge in [-0.25, -0.2) is 0 Å². The summed E-state index contributed by atoms with van der Waals surface area (Å²) in [6.07, 6.45) is 0. The van der Waals surface area contributed by atoms with Gasteiger partial charge in [-0.2, -0.15) is 0 Å². The van der Waals surface area contributed by atoms with Gasteiger partial charge < -0.3 is 5.73 Å². The molecular formula is C8H11ClN+. The summed E-state index contributed by atoms with van der Waals surface area (Å²) in [5, 5.41) is 0.810. The van der Waals surface area contributed by atoms with Crippen molar-refractivity contribution in [2.24, 2.45) is 0 Å². The van der Waals surface area contributed by atoms with Crippen molar-refractivity contribution in [2.75, 3.05) is 0 Å². The van der Waals surface area contributed by atoms with E-state index >= 15 is 0 Å². The molecule has 0 aliphatic carbocycles. The van der Waals surface area contributed by atoms with Gasteiger partial charge in [-0.15, -0.1) is 0 Å². The largest absolute Gasteiger partial charge is 0.352 e. The summed E-state index contributed by atoms with van der Waals surface area (Å²) in [5.41, 5.74) is 5.00. The quantitative estimate of drug-likeness (QED) is 0.641. The molecule has 1 aromatic carbocycles. The second-order valence-electron chi connectivity index (χ2n) is 2.42. The zero-order valence-electron chi connectivity index (χ0n) is 5.97. The van der Waals surface area contributed by atoms with Gasteiger partial charge in [-0.05, 0) is 13.0 Å². The predicted molar refractivity (Wildman–Crippen MR) is 42.8 cm³/mol. The minimum Gasteiger partial charge on any atom is -0.352 e. The van der Waals surface area contributed by atoms with Crippen LogP contribution in [0.2, 0.25) is 5.02 Å². The lowest BCUT2D eigenvalue weighted by molar-refractivity contribution is -0.420. The summed E-state index contributed by atoms with van der Waals surface area (Å²) in [6.45, 7) is 2.03. The van der Waals surface area contributed by atoms with E-state index in [1.807, 2.05) is 31.2 Å². The molecule has 54 valence electrons. The van der Waals surface area contributed by atoms with Crippen LogP contribution in [0.25, 0.3) is 0 Å². The zero-order valence-corrected chi connectivity index (χ0v) is 6.73. The Labute approximate surface area is 65.8 Å². The van der Waals surface area contributed by atoms with E-state index in [-0.39, 0.29) is 6.04 Å². The normalized spacial score (nSPS) is 13.1. The standard InChI is InChI=1S/C8H10ClN/c1-6(10)7-4-2-3-5-8(7)9/h2-6H,10H2,1H3/p+1. The average Bonchev–Trinajstić information content (AvgIpc) is 1.88. The molecular weight excluding hydrogens is 146 g/mol. The van der Waals surface area contributed by atoms with Gasteiger partial charge in [-0.1, -0.05) is 29.8 Å². The number of rotatable bonds is 1. The molecule has 0 aliphatic rings. The summed E-state index contributed by atoms with van der Waals surface area (Å²) >= 11 is 5.88. The van der Waals surface area contributed by atoms with Gasteiger partial charge in [0.2, 0.25) is 0 Å². The molecule has 0 saturated heterocycles. The first-order chi connectivity index (χ1) is 4.72. The molecule has 1 aromatic rings. The Bertz CT molecular complexity index is 220. The number of halogens is 1. The lowest BCUT2D eigenvalue weighted by Gasteiger charge is -2.02. The number of quaternary nitrogens is 1. The molecule has 0 heterocycles. The molecule has 0 amide bonds. The highest BCUT2D eigenvalue weighted by Crippen LogP contribution is 2.18. The van der Waals surface area contributed by atoms with Crippen LogP contribution in [0.3, 0.4) is 0 Å². The van der Waals surface area contributed by atoms with Crippen LogP contribution in [0, 0.1) is 0 Å². The molecule has 0 spiro atoms. The van der Waals surface area contributed by atoms with Gasteiger partial charge in [0.15, 0.2) is 0 Å². The molecule has 0 fully saturated rings. The van der Waals surface area contributed by atoms with Crippen LogP contribution < -0.4 is 5.73 Å². The Hall–Kier alpha value is -0.530. The zero-order chi connectivity index (χ0) is 7.56. The van der Waals surface area contributed by atoms with Crippen LogP contribution in [-0.2, 0) is 0 Å². The van der Waals surface area contributed by atoms with Gasteiger partial charge in [0, 0.05) is 10.6 Å². The molecule has 1 rings (SSSR count). The van der Waals surface area contributed by atoms with Crippen molar-refractivity contribution < 1.29 is 5.73 Å². The second-order valence-corrected chi connectivity index (χ2v) is 2.83. The highest BCUT2D eigenvalue weighted by molar-refractivity contribution is 6.31. The van der Waals surface area contributed by atoms with Gasteiger partial charge in [-0.3, -0.25) is 0 Å². The predicted octanol–water partition coefficient (Wildman–Crippen LogP) is 1.64. The summed E-state index contributed by atoms with van der Waals surface area (Å²) in [6, 6.07) is 8.06. The lowest BCUT2D eigenvalue weighted by atomic mass is 10.1. The number of hydrogen-bond acceptors (Lipinski definition) is 0. The molecule has 1 unspecified atom stereocenters. The molecule has 0 aliphatic heterocycles. The topological polar surface area (TPSA) is 27.6 Å². The Morgan fingerprint density at radius 3 is 2.40 bits per heavy atom. The number of benzene rings is 1. The number of hydrogen-bond donors (Lipinski definition) is 1. The third-order valence-corrected chi connectivity index (χ3v) is 1.78. The van der Waals surface area contributed by atoms with E-state index < -0.39 is 0 Å². The SMILES string of the molecule is CC([NH3+])c1ccccc1Cl. The van der Waals surface area contributed by atoms with Crippen molar-refractivity contribution >= 4 is 11.6 Å². The molecule has 0 aromatic heterocycles. The van der Waals surface area contributed by atoms with Gasteiger partial charge in [0.25, 0.3) is 0 Å². The fraction of sp³-hybridized carbons (Fsp3) is 0.250. The molecule has 2 heteroatoms. The minimum absolute atomic E-state index is 0.272. The van der Waals surface area contributed by atoms with Crippen LogP contribution in [-0.4, -0.2) is 0 Å². The molecule has 10 heavy (non-hydrogen) atoms. The second kappa shape index (κ2) is 3.04. The molecule has 0 saturated carbocycles. The summed E-state index contributed by atoms with van der Waals surface area (Å²) in [7, 11) is 0. The van der Waals surface area contributed by atoms with Gasteiger partial charge in [0.1, 0.15) is 6.04 Å². The Morgan fingerprint density at radius 1 is 1.40 bits per heavy atom. The molecule has 0 radical (unpaired) electrons. The van der Waals surface area contributed by atoms with E-state index in [0.29, 0.717) is 0 Å². The highest BCUT2D eigenvalue weighted by atomic mass is 35.5. The maximum Gasteiger partial charge on any atom is 0.109 e. The monoisotopic (exact) mass is 156 g/mol. The smallest absolute Gasteiger partial charge is 0.109 e. The van der Waals surface area contributed by atoms with Crippen LogP contribution in [0.1, 0.15) is 18.5 Å². The third-order valence-electron chi connectivity index (χ3n) is 1.44. The first-order valence-corrected chi connectivity index (χ1v) is 3.67. The first-order valence-electron chi connectivity index (χ1n) is 3.29. The average molecular weight is 157 g/mol. The fourth-order valence-electron chi connectivity index (χ4n) is 0.875. The van der Waals surface area contributed by atoms with E-state index in [9.17, 15) is 0 Å². The van der Waals surface area contributed by atoms with Crippen molar-refractivity contribution in [1.29, 1.82) is 0 Å². The molecule has 1 nitrogen and oxygen atoms in total. The molecule has 1 atom stereocenters. The molecule has 0 bridgehead atoms. The summed E-state index contributed by atoms with van der Waals surface area (Å²) < 4.78 is 0. The Kier molecular flexibility index (Phi) is 2.30. The first kappa shape index (κ1) is 7.58. The Balaban J connectivity index is 3.03. The maximum atomic E-state index is 5.88. The minimum atomic E-state index is 0.272. The summed E-state index contributed by atoms with van der Waals surface area (Å²) in [4.78, 5) is 0. The van der Waals surface area contributed by atoms with Gasteiger partial charge >= 0.3 is 0 Å². The van der Waals surface area contributed by atoms with Crippen molar-refractivity contribution in [2.45, 2.75) is 13.0 Å². The van der Waals surface area contributed by atoms with Crippen molar-refractivity contribution in [3.8, 4) is 0 Å². The van der Waals surface area contributed by atoms with Crippen LogP contribution >= 0.6 is 11.6 Å². The van der Waals surface area contributed by atoms with Crippen molar-refractivity contribution in [3.05, 3.63) is 34.9 Å². The van der Waals surface area contributed by atoms with Crippen molar-refractivity contribution in [3.63, 3.8) is 0 Å². The van der Waals surface area contributed by atoms with Crippen molar-refractivity contribution in [1.82, 2.24) is 0 Å². The molecule has 3 N–H and O–H groups in total. The van der Waals surface area contributed by atoms with Gasteiger partial charge in [0.05, 0.1) is 0 Å². The van der Waals surface area contributed by atoms with Crippen LogP contribution in [0.15, 0.2) is 24.3 Å². The third kappa shape index (κ3) is 1.49.